The molecule has 0 aliphatic carbocycles. The molecule has 28 heavy (non-hydrogen) atoms. The van der Waals surface area contributed by atoms with Crippen molar-refractivity contribution in [1.29, 1.82) is 0 Å². The number of esters is 1. The normalized spacial score (nSPS) is 13.4. The molecule has 0 saturated carbocycles. The smallest absolute Gasteiger partial charge is 0.305 e. The third-order valence-corrected chi connectivity index (χ3v) is 5.16. The van der Waals surface area contributed by atoms with Crippen molar-refractivity contribution >= 4 is 5.97 Å². The maximum Gasteiger partial charge on any atom is 0.305 e. The average molecular weight is 401 g/mol. The molecule has 0 aromatic rings. The number of aliphatic hydroxyl groups is 1. The molecule has 0 fully saturated rings. The van der Waals surface area contributed by atoms with Gasteiger partial charge < -0.3 is 14.6 Å². The minimum Gasteiger partial charge on any atom is -0.466 e. The highest BCUT2D eigenvalue weighted by atomic mass is 16.5. The van der Waals surface area contributed by atoms with E-state index >= 15 is 0 Å². The molecule has 0 aliphatic rings. The van der Waals surface area contributed by atoms with Crippen LogP contribution in [0.5, 0.6) is 0 Å². The van der Waals surface area contributed by atoms with Gasteiger partial charge in [0.1, 0.15) is 0 Å². The zero-order valence-electron chi connectivity index (χ0n) is 19.1. The van der Waals surface area contributed by atoms with Gasteiger partial charge in [-0.1, -0.05) is 85.0 Å². The fraction of sp³-hybridized carbons (Fsp3) is 0.958. The van der Waals surface area contributed by atoms with Crippen molar-refractivity contribution in [3.63, 3.8) is 0 Å². The molecule has 0 heterocycles. The lowest BCUT2D eigenvalue weighted by Crippen LogP contribution is -2.29. The van der Waals surface area contributed by atoms with E-state index in [1.807, 2.05) is 6.92 Å². The van der Waals surface area contributed by atoms with Crippen LogP contribution in [0, 0.1) is 0 Å². The minimum absolute atomic E-state index is 0.0142. The average Bonchev–Trinajstić information content (AvgIpc) is 2.70. The second-order valence-corrected chi connectivity index (χ2v) is 8.06. The Morgan fingerprint density at radius 1 is 0.714 bits per heavy atom. The molecule has 0 saturated heterocycles. The number of rotatable bonds is 21. The first-order valence-corrected chi connectivity index (χ1v) is 12.1. The summed E-state index contributed by atoms with van der Waals surface area (Å²) >= 11 is 0. The van der Waals surface area contributed by atoms with Crippen LogP contribution < -0.4 is 0 Å². The van der Waals surface area contributed by atoms with Gasteiger partial charge in [-0.2, -0.15) is 0 Å². The van der Waals surface area contributed by atoms with E-state index in [0.29, 0.717) is 13.0 Å². The summed E-state index contributed by atoms with van der Waals surface area (Å²) in [5.41, 5.74) is 0. The van der Waals surface area contributed by atoms with Gasteiger partial charge in [0.2, 0.25) is 0 Å². The van der Waals surface area contributed by atoms with Gasteiger partial charge in [-0.3, -0.25) is 4.79 Å². The summed E-state index contributed by atoms with van der Waals surface area (Å²) in [6.45, 7) is 7.64. The highest BCUT2D eigenvalue weighted by Crippen LogP contribution is 2.18. The van der Waals surface area contributed by atoms with E-state index in [9.17, 15) is 9.90 Å². The molecular formula is C24H48O4. The third-order valence-electron chi connectivity index (χ3n) is 5.16. The molecule has 4 nitrogen and oxygen atoms in total. The molecule has 2 unspecified atom stereocenters. The molecule has 0 aliphatic heterocycles. The van der Waals surface area contributed by atoms with Crippen LogP contribution in [0.1, 0.15) is 124 Å². The Labute approximate surface area is 174 Å². The molecule has 0 rings (SSSR count). The van der Waals surface area contributed by atoms with Crippen LogP contribution >= 0.6 is 0 Å². The summed E-state index contributed by atoms with van der Waals surface area (Å²) in [4.78, 5) is 11.4. The van der Waals surface area contributed by atoms with Gasteiger partial charge in [0, 0.05) is 13.0 Å². The van der Waals surface area contributed by atoms with E-state index in [4.69, 9.17) is 9.47 Å². The summed E-state index contributed by atoms with van der Waals surface area (Å²) < 4.78 is 11.0. The first-order chi connectivity index (χ1) is 13.7. The lowest BCUT2D eigenvalue weighted by atomic mass is 9.99. The second kappa shape index (κ2) is 21.1. The lowest BCUT2D eigenvalue weighted by molar-refractivity contribution is -0.143. The largest absolute Gasteiger partial charge is 0.466 e. The Kier molecular flexibility index (Phi) is 20.6. The minimum atomic E-state index is -0.328. The molecule has 0 aromatic carbocycles. The molecule has 0 bridgehead atoms. The van der Waals surface area contributed by atoms with Crippen molar-refractivity contribution in [2.45, 2.75) is 136 Å². The summed E-state index contributed by atoms with van der Waals surface area (Å²) in [6, 6.07) is 0. The molecule has 1 N–H and O–H groups in total. The Balaban J connectivity index is 3.82. The highest BCUT2D eigenvalue weighted by Gasteiger charge is 2.19. The number of hydrogen-bond donors (Lipinski definition) is 1. The van der Waals surface area contributed by atoms with Crippen molar-refractivity contribution in [2.75, 3.05) is 13.2 Å². The molecule has 168 valence electrons. The number of aliphatic hydroxyl groups excluding tert-OH is 1. The molecule has 2 atom stereocenters. The fourth-order valence-corrected chi connectivity index (χ4v) is 3.41. The standard InChI is InChI=1S/C24H48O4/c1-4-7-8-9-11-14-17-22(25)23(27-20-5-2)18-15-12-10-13-16-19-24(26)28-21-6-3/h22-23,25H,4-21H2,1-3H3. The summed E-state index contributed by atoms with van der Waals surface area (Å²) in [5.74, 6) is -0.0623. The van der Waals surface area contributed by atoms with Gasteiger partial charge in [0.15, 0.2) is 0 Å². The first kappa shape index (κ1) is 27.4. The fourth-order valence-electron chi connectivity index (χ4n) is 3.41. The summed E-state index contributed by atoms with van der Waals surface area (Å²) in [6.07, 6.45) is 16.8. The van der Waals surface area contributed by atoms with Crippen LogP contribution in [0.4, 0.5) is 0 Å². The Morgan fingerprint density at radius 3 is 1.93 bits per heavy atom. The van der Waals surface area contributed by atoms with E-state index in [1.54, 1.807) is 0 Å². The maximum atomic E-state index is 11.4. The van der Waals surface area contributed by atoms with Gasteiger partial charge in [-0.25, -0.2) is 0 Å². The van der Waals surface area contributed by atoms with E-state index in [1.165, 1.54) is 32.1 Å². The summed E-state index contributed by atoms with van der Waals surface area (Å²) in [7, 11) is 0. The molecular weight excluding hydrogens is 352 g/mol. The molecule has 4 heteroatoms. The third kappa shape index (κ3) is 17.5. The van der Waals surface area contributed by atoms with Crippen molar-refractivity contribution in [3.8, 4) is 0 Å². The quantitative estimate of drug-likeness (QED) is 0.175. The second-order valence-electron chi connectivity index (χ2n) is 8.06. The van der Waals surface area contributed by atoms with Gasteiger partial charge >= 0.3 is 5.97 Å². The van der Waals surface area contributed by atoms with Crippen LogP contribution in [0.25, 0.3) is 0 Å². The number of carbonyl (C=O) groups is 1. The Bertz CT molecular complexity index is 333. The number of hydrogen-bond acceptors (Lipinski definition) is 4. The monoisotopic (exact) mass is 400 g/mol. The van der Waals surface area contributed by atoms with Crippen LogP contribution in [0.15, 0.2) is 0 Å². The van der Waals surface area contributed by atoms with Crippen LogP contribution in [-0.2, 0) is 14.3 Å². The van der Waals surface area contributed by atoms with E-state index < -0.39 is 0 Å². The topological polar surface area (TPSA) is 55.8 Å². The predicted octanol–water partition coefficient (Wildman–Crippen LogP) is 6.58. The van der Waals surface area contributed by atoms with Crippen molar-refractivity contribution in [3.05, 3.63) is 0 Å². The van der Waals surface area contributed by atoms with E-state index in [-0.39, 0.29) is 18.2 Å². The first-order valence-electron chi connectivity index (χ1n) is 12.1. The van der Waals surface area contributed by atoms with Crippen molar-refractivity contribution in [1.82, 2.24) is 0 Å². The molecule has 0 aromatic heterocycles. The number of carbonyl (C=O) groups excluding carboxylic acids is 1. The van der Waals surface area contributed by atoms with Crippen LogP contribution in [0.3, 0.4) is 0 Å². The Morgan fingerprint density at radius 2 is 1.29 bits per heavy atom. The number of ether oxygens (including phenoxy) is 2. The molecule has 0 amide bonds. The highest BCUT2D eigenvalue weighted by molar-refractivity contribution is 5.69. The zero-order chi connectivity index (χ0) is 20.9. The van der Waals surface area contributed by atoms with E-state index in [0.717, 1.165) is 70.8 Å². The van der Waals surface area contributed by atoms with Crippen LogP contribution in [-0.4, -0.2) is 36.5 Å². The summed E-state index contributed by atoms with van der Waals surface area (Å²) in [5, 5.41) is 10.5. The van der Waals surface area contributed by atoms with Gasteiger partial charge in [0.05, 0.1) is 18.8 Å². The van der Waals surface area contributed by atoms with Crippen molar-refractivity contribution < 1.29 is 19.4 Å². The molecule has 0 radical (unpaired) electrons. The zero-order valence-corrected chi connectivity index (χ0v) is 19.1. The van der Waals surface area contributed by atoms with Gasteiger partial charge in [-0.05, 0) is 32.1 Å². The Hall–Kier alpha value is -0.610. The van der Waals surface area contributed by atoms with Crippen molar-refractivity contribution in [2.24, 2.45) is 0 Å². The predicted molar refractivity (Wildman–Crippen MR) is 118 cm³/mol. The SMILES string of the molecule is CCCCCCCCC(O)C(CCCCCCCC(=O)OCCC)OCCC. The van der Waals surface area contributed by atoms with Gasteiger partial charge in [0.25, 0.3) is 0 Å². The van der Waals surface area contributed by atoms with Gasteiger partial charge in [-0.15, -0.1) is 0 Å². The lowest BCUT2D eigenvalue weighted by Gasteiger charge is -2.23. The van der Waals surface area contributed by atoms with Crippen LogP contribution in [0.2, 0.25) is 0 Å². The molecule has 0 spiro atoms. The maximum absolute atomic E-state index is 11.4. The number of unbranched alkanes of at least 4 members (excludes halogenated alkanes) is 9. The van der Waals surface area contributed by atoms with E-state index in [2.05, 4.69) is 13.8 Å².